The highest BCUT2D eigenvalue weighted by atomic mass is 35.5. The van der Waals surface area contributed by atoms with Crippen LogP contribution in [-0.2, 0) is 5.88 Å². The third-order valence-electron chi connectivity index (χ3n) is 2.09. The van der Waals surface area contributed by atoms with E-state index < -0.39 is 11.9 Å². The highest BCUT2D eigenvalue weighted by molar-refractivity contribution is 6.17. The van der Waals surface area contributed by atoms with Gasteiger partial charge in [0.15, 0.2) is 0 Å². The summed E-state index contributed by atoms with van der Waals surface area (Å²) >= 11 is 5.62. The zero-order valence-corrected chi connectivity index (χ0v) is 10.4. The summed E-state index contributed by atoms with van der Waals surface area (Å²) in [6.07, 6.45) is -3.73. The zero-order valence-electron chi connectivity index (χ0n) is 9.63. The van der Waals surface area contributed by atoms with Crippen molar-refractivity contribution >= 4 is 23.0 Å². The van der Waals surface area contributed by atoms with Gasteiger partial charge < -0.3 is 5.73 Å². The Morgan fingerprint density at radius 3 is 2.33 bits per heavy atom. The number of hydrogen-bond acceptors (Lipinski definition) is 2. The summed E-state index contributed by atoms with van der Waals surface area (Å²) < 4.78 is 36.6. The van der Waals surface area contributed by atoms with Gasteiger partial charge in [-0.1, -0.05) is 12.1 Å². The second-order valence-electron chi connectivity index (χ2n) is 3.65. The van der Waals surface area contributed by atoms with Crippen molar-refractivity contribution in [2.45, 2.75) is 19.0 Å². The number of rotatable bonds is 3. The third kappa shape index (κ3) is 4.41. The second kappa shape index (κ2) is 5.91. The molecule has 1 rings (SSSR count). The number of aliphatic imine (C=N–C) groups is 1. The Morgan fingerprint density at radius 1 is 1.33 bits per heavy atom. The highest BCUT2D eigenvalue weighted by Gasteiger charge is 2.31. The topological polar surface area (TPSA) is 38.4 Å². The first-order valence-corrected chi connectivity index (χ1v) is 5.61. The van der Waals surface area contributed by atoms with Crippen molar-refractivity contribution in [3.05, 3.63) is 41.6 Å². The number of halogens is 4. The van der Waals surface area contributed by atoms with Crippen molar-refractivity contribution in [3.63, 3.8) is 0 Å². The quantitative estimate of drug-likeness (QED) is 0.659. The van der Waals surface area contributed by atoms with Crippen LogP contribution in [0.3, 0.4) is 0 Å². The normalized spacial score (nSPS) is 13.8. The monoisotopic (exact) mass is 276 g/mol. The van der Waals surface area contributed by atoms with Crippen molar-refractivity contribution < 1.29 is 13.2 Å². The summed E-state index contributed by atoms with van der Waals surface area (Å²) in [4.78, 5) is 4.01. The second-order valence-corrected chi connectivity index (χ2v) is 3.92. The minimum absolute atomic E-state index is 0.184. The molecule has 1 aromatic carbocycles. The van der Waals surface area contributed by atoms with E-state index in [1.807, 2.05) is 0 Å². The Kier molecular flexibility index (Phi) is 4.78. The van der Waals surface area contributed by atoms with Crippen molar-refractivity contribution in [3.8, 4) is 0 Å². The van der Waals surface area contributed by atoms with Gasteiger partial charge in [0.2, 0.25) is 0 Å². The van der Waals surface area contributed by atoms with Gasteiger partial charge in [0.25, 0.3) is 0 Å². The Bertz CT molecular complexity index is 461. The summed E-state index contributed by atoms with van der Waals surface area (Å²) in [6.45, 7) is 1.45. The van der Waals surface area contributed by atoms with Crippen molar-refractivity contribution in [2.75, 3.05) is 0 Å². The molecule has 0 atom stereocenters. The van der Waals surface area contributed by atoms with Crippen LogP contribution in [0, 0.1) is 0 Å². The van der Waals surface area contributed by atoms with E-state index in [1.165, 1.54) is 6.92 Å². The lowest BCUT2D eigenvalue weighted by Crippen LogP contribution is -2.20. The Morgan fingerprint density at radius 2 is 1.89 bits per heavy atom. The number of nitrogens with two attached hydrogens (primary N) is 1. The fourth-order valence-electron chi connectivity index (χ4n) is 1.20. The molecule has 0 bridgehead atoms. The van der Waals surface area contributed by atoms with Crippen LogP contribution in [0.4, 0.5) is 18.9 Å². The molecule has 0 saturated heterocycles. The smallest absolute Gasteiger partial charge is 0.395 e. The molecule has 0 unspecified atom stereocenters. The van der Waals surface area contributed by atoms with Crippen LogP contribution in [0.5, 0.6) is 0 Å². The Hall–Kier alpha value is -1.49. The molecule has 0 aliphatic carbocycles. The molecule has 1 aromatic rings. The minimum atomic E-state index is -4.53. The van der Waals surface area contributed by atoms with Gasteiger partial charge in [-0.05, 0) is 30.7 Å². The molecule has 0 heterocycles. The molecular formula is C12H12ClF3N2. The van der Waals surface area contributed by atoms with Crippen molar-refractivity contribution in [1.82, 2.24) is 0 Å². The van der Waals surface area contributed by atoms with Crippen LogP contribution in [0.25, 0.3) is 0 Å². The number of nitrogens with zero attached hydrogens (tertiary/aromatic N) is 1. The minimum Gasteiger partial charge on any atom is -0.395 e. The number of allylic oxidation sites excluding steroid dienone is 2. The molecule has 2 nitrogen and oxygen atoms in total. The van der Waals surface area contributed by atoms with E-state index in [0.29, 0.717) is 11.6 Å². The van der Waals surface area contributed by atoms with E-state index >= 15 is 0 Å². The molecular weight excluding hydrogens is 265 g/mol. The van der Waals surface area contributed by atoms with Crippen LogP contribution in [0.2, 0.25) is 0 Å². The Balaban J connectivity index is 2.89. The van der Waals surface area contributed by atoms with Gasteiger partial charge in [0.05, 0.1) is 5.69 Å². The molecule has 98 valence electrons. The maximum absolute atomic E-state index is 12.2. The fraction of sp³-hybridized carbons (Fsp3) is 0.250. The maximum atomic E-state index is 12.2. The van der Waals surface area contributed by atoms with Crippen molar-refractivity contribution in [1.29, 1.82) is 0 Å². The van der Waals surface area contributed by atoms with Crippen LogP contribution >= 0.6 is 11.6 Å². The van der Waals surface area contributed by atoms with E-state index in [1.54, 1.807) is 24.3 Å². The van der Waals surface area contributed by atoms with Gasteiger partial charge in [-0.15, -0.1) is 11.6 Å². The van der Waals surface area contributed by atoms with E-state index in [-0.39, 0.29) is 5.71 Å². The first-order valence-electron chi connectivity index (χ1n) is 5.07. The van der Waals surface area contributed by atoms with Crippen LogP contribution in [-0.4, -0.2) is 11.9 Å². The summed E-state index contributed by atoms with van der Waals surface area (Å²) in [7, 11) is 0. The van der Waals surface area contributed by atoms with Gasteiger partial charge in [-0.2, -0.15) is 13.2 Å². The molecule has 6 heteroatoms. The zero-order chi connectivity index (χ0) is 13.8. The number of hydrogen-bond donors (Lipinski definition) is 1. The molecule has 0 fully saturated rings. The average Bonchev–Trinajstić information content (AvgIpc) is 2.28. The van der Waals surface area contributed by atoms with E-state index in [9.17, 15) is 13.2 Å². The number of benzene rings is 1. The van der Waals surface area contributed by atoms with Crippen molar-refractivity contribution in [2.24, 2.45) is 10.7 Å². The third-order valence-corrected chi connectivity index (χ3v) is 2.40. The fourth-order valence-corrected chi connectivity index (χ4v) is 1.38. The largest absolute Gasteiger partial charge is 0.430 e. The van der Waals surface area contributed by atoms with Crippen LogP contribution in [0.1, 0.15) is 12.5 Å². The Labute approximate surface area is 108 Å². The molecule has 0 radical (unpaired) electrons. The first-order chi connectivity index (χ1) is 8.32. The molecule has 0 amide bonds. The predicted octanol–water partition coefficient (Wildman–Crippen LogP) is 3.92. The molecule has 0 aliphatic rings. The summed E-state index contributed by atoms with van der Waals surface area (Å²) in [5.74, 6) is 0.379. The van der Waals surface area contributed by atoms with E-state index in [2.05, 4.69) is 4.99 Å². The van der Waals surface area contributed by atoms with Gasteiger partial charge in [0, 0.05) is 11.6 Å². The van der Waals surface area contributed by atoms with Crippen LogP contribution < -0.4 is 5.73 Å². The lowest BCUT2D eigenvalue weighted by atomic mass is 10.2. The molecule has 0 aliphatic heterocycles. The maximum Gasteiger partial charge on any atom is 0.430 e. The highest BCUT2D eigenvalue weighted by Crippen LogP contribution is 2.22. The van der Waals surface area contributed by atoms with Gasteiger partial charge in [-0.25, -0.2) is 0 Å². The summed E-state index contributed by atoms with van der Waals surface area (Å²) in [5, 5.41) is 0. The lowest BCUT2D eigenvalue weighted by molar-refractivity contribution is -0.0925. The van der Waals surface area contributed by atoms with Crippen LogP contribution in [0.15, 0.2) is 41.0 Å². The predicted molar refractivity (Wildman–Crippen MR) is 67.1 cm³/mol. The van der Waals surface area contributed by atoms with Gasteiger partial charge in [-0.3, -0.25) is 4.99 Å². The molecule has 0 spiro atoms. The average molecular weight is 277 g/mol. The van der Waals surface area contributed by atoms with E-state index in [4.69, 9.17) is 17.3 Å². The van der Waals surface area contributed by atoms with Gasteiger partial charge >= 0.3 is 6.18 Å². The number of alkyl halides is 4. The standard InChI is InChI=1S/C12H12ClF3N2/c1-8(6-11(17)12(14,15)16)18-10-4-2-9(7-13)3-5-10/h2-6H,7,17H2,1H3. The van der Waals surface area contributed by atoms with Gasteiger partial charge in [0.1, 0.15) is 5.70 Å². The lowest BCUT2D eigenvalue weighted by Gasteiger charge is -2.05. The molecule has 0 saturated carbocycles. The first kappa shape index (κ1) is 14.6. The molecule has 18 heavy (non-hydrogen) atoms. The molecule has 2 N–H and O–H groups in total. The summed E-state index contributed by atoms with van der Waals surface area (Å²) in [6, 6.07) is 6.88. The molecule has 0 aromatic heterocycles. The summed E-state index contributed by atoms with van der Waals surface area (Å²) in [5.41, 5.74) is 5.37. The SMILES string of the molecule is CC(C=C(N)C(F)(F)F)=Nc1ccc(CCl)cc1. The van der Waals surface area contributed by atoms with E-state index in [0.717, 1.165) is 11.6 Å².